The standard InChI is InChI=1S/C15H19ClN2O3/c1-9-6-11(7-10(2)12(9)16)17-14(21)18-5-4-15(3,8-18)13(19)20/h6-7H,4-5,8H2,1-3H3,(H,17,21)(H,19,20). The van der Waals surface area contributed by atoms with Crippen molar-refractivity contribution in [2.75, 3.05) is 18.4 Å². The molecule has 0 saturated carbocycles. The molecule has 2 N–H and O–H groups in total. The summed E-state index contributed by atoms with van der Waals surface area (Å²) in [6.45, 7) is 6.09. The molecule has 1 aromatic rings. The fourth-order valence-electron chi connectivity index (χ4n) is 2.53. The molecule has 6 heteroatoms. The molecule has 1 heterocycles. The van der Waals surface area contributed by atoms with Crippen molar-refractivity contribution in [3.05, 3.63) is 28.3 Å². The van der Waals surface area contributed by atoms with E-state index in [1.54, 1.807) is 19.1 Å². The maximum absolute atomic E-state index is 12.2. The smallest absolute Gasteiger partial charge is 0.321 e. The minimum Gasteiger partial charge on any atom is -0.481 e. The normalized spacial score (nSPS) is 21.4. The molecular formula is C15H19ClN2O3. The Hall–Kier alpha value is -1.75. The number of anilines is 1. The van der Waals surface area contributed by atoms with Gasteiger partial charge in [0.15, 0.2) is 0 Å². The van der Waals surface area contributed by atoms with E-state index in [1.807, 2.05) is 13.8 Å². The van der Waals surface area contributed by atoms with Gasteiger partial charge >= 0.3 is 12.0 Å². The number of urea groups is 1. The minimum absolute atomic E-state index is 0.222. The SMILES string of the molecule is Cc1cc(NC(=O)N2CCC(C)(C(=O)O)C2)cc(C)c1Cl. The van der Waals surface area contributed by atoms with Crippen LogP contribution >= 0.6 is 11.6 Å². The lowest BCUT2D eigenvalue weighted by molar-refractivity contribution is -0.146. The number of hydrogen-bond donors (Lipinski definition) is 2. The van der Waals surface area contributed by atoms with Crippen LogP contribution in [-0.4, -0.2) is 35.1 Å². The third kappa shape index (κ3) is 3.13. The predicted octanol–water partition coefficient (Wildman–Crippen LogP) is 3.29. The summed E-state index contributed by atoms with van der Waals surface area (Å²) in [7, 11) is 0. The number of rotatable bonds is 2. The predicted molar refractivity (Wildman–Crippen MR) is 81.9 cm³/mol. The Kier molecular flexibility index (Phi) is 4.14. The summed E-state index contributed by atoms with van der Waals surface area (Å²) < 4.78 is 0. The fraction of sp³-hybridized carbons (Fsp3) is 0.467. The number of nitrogens with one attached hydrogen (secondary N) is 1. The average Bonchev–Trinajstić information content (AvgIpc) is 2.80. The van der Waals surface area contributed by atoms with Gasteiger partial charge in [-0.05, 0) is 50.5 Å². The first-order valence-corrected chi connectivity index (χ1v) is 7.17. The summed E-state index contributed by atoms with van der Waals surface area (Å²) in [4.78, 5) is 25.0. The molecule has 21 heavy (non-hydrogen) atoms. The largest absolute Gasteiger partial charge is 0.481 e. The van der Waals surface area contributed by atoms with E-state index in [-0.39, 0.29) is 12.6 Å². The van der Waals surface area contributed by atoms with E-state index in [2.05, 4.69) is 5.32 Å². The van der Waals surface area contributed by atoms with Crippen molar-refractivity contribution in [1.82, 2.24) is 4.90 Å². The highest BCUT2D eigenvalue weighted by Gasteiger charge is 2.42. The Morgan fingerprint density at radius 1 is 1.33 bits per heavy atom. The van der Waals surface area contributed by atoms with Crippen molar-refractivity contribution in [3.63, 3.8) is 0 Å². The number of carboxylic acids is 1. The van der Waals surface area contributed by atoms with Crippen molar-refractivity contribution in [1.29, 1.82) is 0 Å². The van der Waals surface area contributed by atoms with Crippen LogP contribution in [0.1, 0.15) is 24.5 Å². The van der Waals surface area contributed by atoms with E-state index in [1.165, 1.54) is 4.90 Å². The number of likely N-dealkylation sites (tertiary alicyclic amines) is 1. The van der Waals surface area contributed by atoms with Gasteiger partial charge in [-0.2, -0.15) is 0 Å². The Morgan fingerprint density at radius 2 is 1.90 bits per heavy atom. The summed E-state index contributed by atoms with van der Waals surface area (Å²) in [5.74, 6) is -0.865. The van der Waals surface area contributed by atoms with Crippen molar-refractivity contribution >= 4 is 29.3 Å². The van der Waals surface area contributed by atoms with Gasteiger partial charge in [-0.1, -0.05) is 11.6 Å². The van der Waals surface area contributed by atoms with Crippen LogP contribution in [0.5, 0.6) is 0 Å². The first-order chi connectivity index (χ1) is 9.73. The zero-order valence-electron chi connectivity index (χ0n) is 12.4. The second-order valence-electron chi connectivity index (χ2n) is 5.89. The van der Waals surface area contributed by atoms with Gasteiger partial charge in [-0.25, -0.2) is 4.79 Å². The third-order valence-corrected chi connectivity index (χ3v) is 4.56. The van der Waals surface area contributed by atoms with Crippen LogP contribution in [0.15, 0.2) is 12.1 Å². The third-order valence-electron chi connectivity index (χ3n) is 3.96. The summed E-state index contributed by atoms with van der Waals surface area (Å²) in [5, 5.41) is 12.7. The molecule has 1 saturated heterocycles. The molecule has 1 aliphatic heterocycles. The molecule has 0 spiro atoms. The molecule has 0 aromatic heterocycles. The highest BCUT2D eigenvalue weighted by Crippen LogP contribution is 2.31. The Balaban J connectivity index is 2.08. The quantitative estimate of drug-likeness (QED) is 0.880. The van der Waals surface area contributed by atoms with E-state index in [0.717, 1.165) is 11.1 Å². The van der Waals surface area contributed by atoms with Gasteiger partial charge < -0.3 is 15.3 Å². The van der Waals surface area contributed by atoms with Crippen LogP contribution in [-0.2, 0) is 4.79 Å². The Morgan fingerprint density at radius 3 is 2.38 bits per heavy atom. The summed E-state index contributed by atoms with van der Waals surface area (Å²) >= 11 is 6.10. The number of aryl methyl sites for hydroxylation is 2. The van der Waals surface area contributed by atoms with Gasteiger partial charge in [0, 0.05) is 23.8 Å². The summed E-state index contributed by atoms with van der Waals surface area (Å²) in [6, 6.07) is 3.33. The molecule has 2 rings (SSSR count). The highest BCUT2D eigenvalue weighted by molar-refractivity contribution is 6.32. The molecule has 1 aliphatic rings. The number of nitrogens with zero attached hydrogens (tertiary/aromatic N) is 1. The van der Waals surface area contributed by atoms with E-state index >= 15 is 0 Å². The number of carbonyl (C=O) groups excluding carboxylic acids is 1. The van der Waals surface area contributed by atoms with Crippen molar-refractivity contribution < 1.29 is 14.7 Å². The second kappa shape index (κ2) is 5.56. The topological polar surface area (TPSA) is 69.6 Å². The monoisotopic (exact) mass is 310 g/mol. The first kappa shape index (κ1) is 15.6. The zero-order chi connectivity index (χ0) is 15.8. The van der Waals surface area contributed by atoms with Gasteiger partial charge in [0.05, 0.1) is 5.41 Å². The molecule has 5 nitrogen and oxygen atoms in total. The van der Waals surface area contributed by atoms with E-state index in [4.69, 9.17) is 11.6 Å². The highest BCUT2D eigenvalue weighted by atomic mass is 35.5. The van der Waals surface area contributed by atoms with Gasteiger partial charge in [0.25, 0.3) is 0 Å². The van der Waals surface area contributed by atoms with E-state index < -0.39 is 11.4 Å². The van der Waals surface area contributed by atoms with Crippen LogP contribution < -0.4 is 5.32 Å². The summed E-state index contributed by atoms with van der Waals surface area (Å²) in [6.07, 6.45) is 0.467. The average molecular weight is 311 g/mol. The molecule has 1 unspecified atom stereocenters. The number of halogens is 1. The number of aliphatic carboxylic acids is 1. The molecule has 1 fully saturated rings. The Bertz CT molecular complexity index is 580. The zero-order valence-corrected chi connectivity index (χ0v) is 13.1. The summed E-state index contributed by atoms with van der Waals surface area (Å²) in [5.41, 5.74) is 1.60. The minimum atomic E-state index is -0.865. The van der Waals surface area contributed by atoms with Crippen LogP contribution in [0.2, 0.25) is 5.02 Å². The van der Waals surface area contributed by atoms with Crippen molar-refractivity contribution in [2.24, 2.45) is 5.41 Å². The first-order valence-electron chi connectivity index (χ1n) is 6.79. The number of carbonyl (C=O) groups is 2. The van der Waals surface area contributed by atoms with E-state index in [0.29, 0.717) is 23.7 Å². The molecule has 0 bridgehead atoms. The lowest BCUT2D eigenvalue weighted by atomic mass is 9.90. The van der Waals surface area contributed by atoms with Gasteiger partial charge in [0.2, 0.25) is 0 Å². The molecule has 0 aliphatic carbocycles. The fourth-order valence-corrected chi connectivity index (χ4v) is 2.64. The molecule has 1 atom stereocenters. The second-order valence-corrected chi connectivity index (χ2v) is 6.27. The molecule has 114 valence electrons. The maximum atomic E-state index is 12.2. The van der Waals surface area contributed by atoms with Crippen LogP contribution in [0.4, 0.5) is 10.5 Å². The van der Waals surface area contributed by atoms with E-state index in [9.17, 15) is 14.7 Å². The molecule has 0 radical (unpaired) electrons. The number of amides is 2. The van der Waals surface area contributed by atoms with Crippen LogP contribution in [0.25, 0.3) is 0 Å². The molecular weight excluding hydrogens is 292 g/mol. The Labute approximate surface area is 128 Å². The van der Waals surface area contributed by atoms with Gasteiger partial charge in [-0.15, -0.1) is 0 Å². The number of hydrogen-bond acceptors (Lipinski definition) is 2. The van der Waals surface area contributed by atoms with Crippen molar-refractivity contribution in [3.8, 4) is 0 Å². The number of benzene rings is 1. The lowest BCUT2D eigenvalue weighted by Crippen LogP contribution is -2.37. The van der Waals surface area contributed by atoms with Gasteiger partial charge in [0.1, 0.15) is 0 Å². The maximum Gasteiger partial charge on any atom is 0.321 e. The number of carboxylic acid groups (broad SMARTS) is 1. The van der Waals surface area contributed by atoms with Crippen LogP contribution in [0, 0.1) is 19.3 Å². The molecule has 2 amide bonds. The van der Waals surface area contributed by atoms with Gasteiger partial charge in [-0.3, -0.25) is 4.79 Å². The van der Waals surface area contributed by atoms with Crippen molar-refractivity contribution in [2.45, 2.75) is 27.2 Å². The van der Waals surface area contributed by atoms with Crippen LogP contribution in [0.3, 0.4) is 0 Å². The molecule has 1 aromatic carbocycles. The lowest BCUT2D eigenvalue weighted by Gasteiger charge is -2.21.